The van der Waals surface area contributed by atoms with Crippen molar-refractivity contribution in [3.05, 3.63) is 36.5 Å². The first-order valence-corrected chi connectivity index (χ1v) is 15.4. The molecule has 0 aromatic heterocycles. The molecule has 0 aromatic rings. The van der Waals surface area contributed by atoms with Crippen molar-refractivity contribution < 1.29 is 25.2 Å². The Hall–Kier alpha value is -1.47. The second-order valence-electron chi connectivity index (χ2n) is 10.4. The van der Waals surface area contributed by atoms with Crippen molar-refractivity contribution in [2.75, 3.05) is 6.61 Å². The molecule has 0 rings (SSSR count). The molecule has 0 aliphatic rings. The minimum atomic E-state index is -1.30. The van der Waals surface area contributed by atoms with Crippen molar-refractivity contribution in [2.45, 2.75) is 154 Å². The van der Waals surface area contributed by atoms with Crippen LogP contribution in [0.5, 0.6) is 0 Å². The van der Waals surface area contributed by atoms with E-state index in [9.17, 15) is 25.2 Å². The number of unbranched alkanes of at least 4 members (excludes halogenated alkanes) is 11. The average molecular weight is 538 g/mol. The van der Waals surface area contributed by atoms with E-state index in [-0.39, 0.29) is 6.42 Å². The molecule has 0 bridgehead atoms. The fourth-order valence-corrected chi connectivity index (χ4v) is 4.24. The Kier molecular flexibility index (Phi) is 26.1. The second kappa shape index (κ2) is 27.1. The van der Waals surface area contributed by atoms with Gasteiger partial charge in [0, 0.05) is 0 Å². The Bertz CT molecular complexity index is 619. The molecule has 0 heterocycles. The summed E-state index contributed by atoms with van der Waals surface area (Å²) in [6.45, 7) is 3.90. The highest BCUT2D eigenvalue weighted by Crippen LogP contribution is 2.11. The molecule has 0 saturated carbocycles. The van der Waals surface area contributed by atoms with E-state index in [0.717, 1.165) is 32.1 Å². The van der Waals surface area contributed by atoms with Gasteiger partial charge in [-0.3, -0.25) is 4.79 Å². The van der Waals surface area contributed by atoms with Gasteiger partial charge in [-0.15, -0.1) is 0 Å². The normalized spacial score (nSPS) is 15.4. The zero-order chi connectivity index (χ0) is 28.3. The number of hydrogen-bond donors (Lipinski definition) is 5. The lowest BCUT2D eigenvalue weighted by molar-refractivity contribution is -0.132. The number of aliphatic hydroxyl groups is 4. The number of carbonyl (C=O) groups is 1. The van der Waals surface area contributed by atoms with Crippen molar-refractivity contribution in [3.8, 4) is 0 Å². The summed E-state index contributed by atoms with van der Waals surface area (Å²) in [6.07, 6.45) is 27.6. The lowest BCUT2D eigenvalue weighted by Crippen LogP contribution is -2.53. The summed E-state index contributed by atoms with van der Waals surface area (Å²) in [6, 6.07) is -1.02. The van der Waals surface area contributed by atoms with Gasteiger partial charge in [0.15, 0.2) is 0 Å². The van der Waals surface area contributed by atoms with Gasteiger partial charge < -0.3 is 25.7 Å². The molecule has 4 unspecified atom stereocenters. The summed E-state index contributed by atoms with van der Waals surface area (Å²) >= 11 is 0. The molecule has 0 aromatic carbocycles. The van der Waals surface area contributed by atoms with E-state index in [4.69, 9.17) is 0 Å². The van der Waals surface area contributed by atoms with E-state index in [0.29, 0.717) is 19.3 Å². The van der Waals surface area contributed by atoms with Gasteiger partial charge in [-0.2, -0.15) is 0 Å². The van der Waals surface area contributed by atoms with Crippen LogP contribution in [-0.4, -0.2) is 57.3 Å². The fraction of sp³-hybridized carbons (Fsp3) is 0.781. The topological polar surface area (TPSA) is 110 Å². The van der Waals surface area contributed by atoms with Crippen LogP contribution in [0.2, 0.25) is 0 Å². The highest BCUT2D eigenvalue weighted by molar-refractivity contribution is 5.80. The molecule has 0 fully saturated rings. The van der Waals surface area contributed by atoms with E-state index in [1.165, 1.54) is 57.8 Å². The number of hydrogen-bond acceptors (Lipinski definition) is 5. The van der Waals surface area contributed by atoms with E-state index >= 15 is 0 Å². The zero-order valence-corrected chi connectivity index (χ0v) is 24.4. The number of rotatable bonds is 26. The van der Waals surface area contributed by atoms with Gasteiger partial charge in [0.1, 0.15) is 12.2 Å². The lowest BCUT2D eigenvalue weighted by Gasteiger charge is -2.27. The standard InChI is InChI=1S/C32H59NO5/c1-3-5-7-9-11-13-14-15-16-17-18-20-21-23-25-29(35)31(37)28(27-34)33-32(38)30(36)26-24-22-19-12-10-8-6-4-2/h14-15,18-20,22,28-31,34-37H,3-13,16-17,21,23-27H2,1-2H3,(H,33,38)/b15-14+,20-18+,22-19-. The van der Waals surface area contributed by atoms with Gasteiger partial charge in [-0.25, -0.2) is 0 Å². The largest absolute Gasteiger partial charge is 0.394 e. The summed E-state index contributed by atoms with van der Waals surface area (Å²) in [5, 5.41) is 42.9. The van der Waals surface area contributed by atoms with Crippen LogP contribution in [0.1, 0.15) is 129 Å². The first-order chi connectivity index (χ1) is 18.5. The van der Waals surface area contributed by atoms with Gasteiger partial charge in [0.05, 0.1) is 18.8 Å². The predicted molar refractivity (Wildman–Crippen MR) is 159 cm³/mol. The third kappa shape index (κ3) is 21.5. The number of carbonyl (C=O) groups excluding carboxylic acids is 1. The highest BCUT2D eigenvalue weighted by atomic mass is 16.3. The first kappa shape index (κ1) is 36.5. The summed E-state index contributed by atoms with van der Waals surface area (Å²) in [7, 11) is 0. The molecule has 6 heteroatoms. The lowest BCUT2D eigenvalue weighted by atomic mass is 10.0. The molecule has 0 aliphatic carbocycles. The Balaban J connectivity index is 4.04. The van der Waals surface area contributed by atoms with Crippen LogP contribution in [0.4, 0.5) is 0 Å². The van der Waals surface area contributed by atoms with Crippen LogP contribution in [-0.2, 0) is 4.79 Å². The molecule has 5 N–H and O–H groups in total. The monoisotopic (exact) mass is 537 g/mol. The summed E-state index contributed by atoms with van der Waals surface area (Å²) < 4.78 is 0. The summed E-state index contributed by atoms with van der Waals surface area (Å²) in [5.74, 6) is -0.639. The van der Waals surface area contributed by atoms with Crippen molar-refractivity contribution in [1.29, 1.82) is 0 Å². The highest BCUT2D eigenvalue weighted by Gasteiger charge is 2.28. The molecule has 0 radical (unpaired) electrons. The molecule has 222 valence electrons. The predicted octanol–water partition coefficient (Wildman–Crippen LogP) is 6.28. The van der Waals surface area contributed by atoms with Crippen LogP contribution in [0.3, 0.4) is 0 Å². The average Bonchev–Trinajstić information content (AvgIpc) is 2.92. The summed E-state index contributed by atoms with van der Waals surface area (Å²) in [4.78, 5) is 12.3. The molecule has 4 atom stereocenters. The van der Waals surface area contributed by atoms with Gasteiger partial charge in [0.2, 0.25) is 5.91 Å². The van der Waals surface area contributed by atoms with E-state index in [1.807, 2.05) is 6.08 Å². The maximum Gasteiger partial charge on any atom is 0.249 e. The molecule has 0 aliphatic heterocycles. The van der Waals surface area contributed by atoms with Crippen molar-refractivity contribution in [1.82, 2.24) is 5.32 Å². The zero-order valence-electron chi connectivity index (χ0n) is 24.4. The number of nitrogens with one attached hydrogen (secondary N) is 1. The van der Waals surface area contributed by atoms with Gasteiger partial charge in [0.25, 0.3) is 0 Å². The van der Waals surface area contributed by atoms with Gasteiger partial charge in [-0.05, 0) is 70.6 Å². The van der Waals surface area contributed by atoms with Crippen molar-refractivity contribution in [3.63, 3.8) is 0 Å². The minimum absolute atomic E-state index is 0.273. The SMILES string of the molecule is CCCCCC/C=C\CCC(O)C(=O)NC(CO)C(O)C(O)CCC/C=C/CC/C=C/CCCCCCC. The Morgan fingerprint density at radius 3 is 1.66 bits per heavy atom. The number of allylic oxidation sites excluding steroid dienone is 6. The second-order valence-corrected chi connectivity index (χ2v) is 10.4. The molecule has 0 saturated heterocycles. The van der Waals surface area contributed by atoms with Crippen LogP contribution in [0, 0.1) is 0 Å². The maximum atomic E-state index is 12.3. The molecule has 38 heavy (non-hydrogen) atoms. The molecule has 6 nitrogen and oxygen atoms in total. The smallest absolute Gasteiger partial charge is 0.249 e. The van der Waals surface area contributed by atoms with Crippen LogP contribution in [0.15, 0.2) is 36.5 Å². The number of aliphatic hydroxyl groups excluding tert-OH is 4. The van der Waals surface area contributed by atoms with Gasteiger partial charge in [-0.1, -0.05) is 95.2 Å². The summed E-state index contributed by atoms with van der Waals surface area (Å²) in [5.41, 5.74) is 0. The molecule has 1 amide bonds. The van der Waals surface area contributed by atoms with E-state index in [1.54, 1.807) is 0 Å². The molecule has 0 spiro atoms. The number of amides is 1. The van der Waals surface area contributed by atoms with Gasteiger partial charge >= 0.3 is 0 Å². The van der Waals surface area contributed by atoms with Crippen LogP contribution < -0.4 is 5.32 Å². The minimum Gasteiger partial charge on any atom is -0.394 e. The van der Waals surface area contributed by atoms with E-state index in [2.05, 4.69) is 49.5 Å². The first-order valence-electron chi connectivity index (χ1n) is 15.4. The molecular formula is C32H59NO5. The van der Waals surface area contributed by atoms with Crippen molar-refractivity contribution >= 4 is 5.91 Å². The third-order valence-corrected chi connectivity index (χ3v) is 6.81. The maximum absolute atomic E-state index is 12.3. The van der Waals surface area contributed by atoms with E-state index < -0.39 is 36.9 Å². The third-order valence-electron chi connectivity index (χ3n) is 6.81. The van der Waals surface area contributed by atoms with Crippen molar-refractivity contribution in [2.24, 2.45) is 0 Å². The Labute approximate surface area is 233 Å². The Morgan fingerprint density at radius 2 is 1.11 bits per heavy atom. The molecular weight excluding hydrogens is 478 g/mol. The van der Waals surface area contributed by atoms with Crippen LogP contribution in [0.25, 0.3) is 0 Å². The fourth-order valence-electron chi connectivity index (χ4n) is 4.24. The van der Waals surface area contributed by atoms with Crippen LogP contribution >= 0.6 is 0 Å². The quantitative estimate of drug-likeness (QED) is 0.0659. The Morgan fingerprint density at radius 1 is 0.632 bits per heavy atom.